The second-order valence-corrected chi connectivity index (χ2v) is 18.1. The first kappa shape index (κ1) is 49.2. The Morgan fingerprint density at radius 3 is 1.83 bits per heavy atom. The third-order valence-corrected chi connectivity index (χ3v) is 12.2. The molecular weight excluding hydrogens is 929 g/mol. The molecule has 3 N–H and O–H groups in total. The Labute approximate surface area is 405 Å². The van der Waals surface area contributed by atoms with E-state index in [-0.39, 0.29) is 33.7 Å². The minimum absolute atomic E-state index is 0.0332. The number of amides is 4. The molecule has 0 bridgehead atoms. The molecule has 2 aliphatic rings. The van der Waals surface area contributed by atoms with Gasteiger partial charge in [0, 0.05) is 5.38 Å². The third-order valence-electron chi connectivity index (χ3n) is 10.2. The lowest BCUT2D eigenvalue weighted by Gasteiger charge is -2.49. The number of nitrogens with one attached hydrogen (secondary N) is 3. The van der Waals surface area contributed by atoms with Crippen LogP contribution in [0.1, 0.15) is 60.9 Å². The van der Waals surface area contributed by atoms with E-state index >= 15 is 0 Å². The molecule has 0 aliphatic carbocycles. The van der Waals surface area contributed by atoms with Crippen LogP contribution in [0.2, 0.25) is 0 Å². The lowest BCUT2D eigenvalue weighted by Crippen LogP contribution is -2.71. The summed E-state index contributed by atoms with van der Waals surface area (Å²) in [6.45, 7) is 4.27. The van der Waals surface area contributed by atoms with Crippen LogP contribution >= 0.6 is 23.1 Å². The number of β-lactam (4-membered cyclic amide) rings is 1. The van der Waals surface area contributed by atoms with Gasteiger partial charge in [0.1, 0.15) is 42.2 Å². The number of esters is 2. The number of thioether (sulfide) groups is 1. The van der Waals surface area contributed by atoms with E-state index in [2.05, 4.69) is 26.1 Å². The zero-order valence-electron chi connectivity index (χ0n) is 38.0. The molecule has 20 heteroatoms. The van der Waals surface area contributed by atoms with E-state index in [4.69, 9.17) is 28.5 Å². The molecule has 1 saturated heterocycles. The van der Waals surface area contributed by atoms with E-state index in [0.717, 1.165) is 22.5 Å². The molecule has 0 spiro atoms. The first-order chi connectivity index (χ1) is 33.2. The Morgan fingerprint density at radius 1 is 0.783 bits per heavy atom. The van der Waals surface area contributed by atoms with Crippen LogP contribution in [0.25, 0.3) is 0 Å². The minimum Gasteiger partial charge on any atom is -0.498 e. The van der Waals surface area contributed by atoms with Gasteiger partial charge >= 0.3 is 24.1 Å². The highest BCUT2D eigenvalue weighted by atomic mass is 32.2. The Morgan fingerprint density at radius 2 is 1.32 bits per heavy atom. The van der Waals surface area contributed by atoms with Crippen molar-refractivity contribution in [1.82, 2.24) is 20.5 Å². The molecule has 1 fully saturated rings. The molecule has 4 aromatic carbocycles. The van der Waals surface area contributed by atoms with Crippen molar-refractivity contribution in [1.29, 1.82) is 0 Å². The predicted molar refractivity (Wildman–Crippen MR) is 254 cm³/mol. The second kappa shape index (κ2) is 22.4. The molecular formula is C49H48N6O12S2. The Hall–Kier alpha value is -7.71. The molecule has 18 nitrogen and oxygen atoms in total. The molecule has 5 aromatic rings. The molecule has 4 amide bonds. The van der Waals surface area contributed by atoms with E-state index in [0.29, 0.717) is 11.1 Å². The van der Waals surface area contributed by atoms with Crippen LogP contribution in [0.15, 0.2) is 143 Å². The van der Waals surface area contributed by atoms with Gasteiger partial charge in [-0.3, -0.25) is 19.8 Å². The zero-order valence-corrected chi connectivity index (χ0v) is 39.6. The smallest absolute Gasteiger partial charge is 0.413 e. The molecule has 358 valence electrons. The van der Waals surface area contributed by atoms with Crippen molar-refractivity contribution in [3.63, 3.8) is 0 Å². The summed E-state index contributed by atoms with van der Waals surface area (Å²) in [6, 6.07) is 33.7. The normalized spacial score (nSPS) is 16.1. The number of benzene rings is 4. The average Bonchev–Trinajstić information content (AvgIpc) is 3.81. The average molecular weight is 977 g/mol. The molecule has 0 saturated carbocycles. The predicted octanol–water partition coefficient (Wildman–Crippen LogP) is 6.86. The number of rotatable bonds is 17. The van der Waals surface area contributed by atoms with E-state index < -0.39 is 77.8 Å². The van der Waals surface area contributed by atoms with Gasteiger partial charge in [-0.15, -0.1) is 23.1 Å². The van der Waals surface area contributed by atoms with Crippen LogP contribution in [0.3, 0.4) is 0 Å². The van der Waals surface area contributed by atoms with E-state index in [1.807, 2.05) is 72.8 Å². The van der Waals surface area contributed by atoms with Crippen molar-refractivity contribution < 1.29 is 57.3 Å². The van der Waals surface area contributed by atoms with Crippen LogP contribution in [-0.2, 0) is 47.7 Å². The van der Waals surface area contributed by atoms with Crippen molar-refractivity contribution >= 4 is 69.9 Å². The summed E-state index contributed by atoms with van der Waals surface area (Å²) in [6.07, 6.45) is -3.68. The highest BCUT2D eigenvalue weighted by molar-refractivity contribution is 8.00. The summed E-state index contributed by atoms with van der Waals surface area (Å²) in [5.74, 6) is -2.72. The summed E-state index contributed by atoms with van der Waals surface area (Å²) >= 11 is 2.18. The first-order valence-corrected chi connectivity index (χ1v) is 23.3. The molecule has 69 heavy (non-hydrogen) atoms. The number of anilines is 1. The van der Waals surface area contributed by atoms with Crippen molar-refractivity contribution in [2.45, 2.75) is 56.0 Å². The zero-order chi connectivity index (χ0) is 49.1. The summed E-state index contributed by atoms with van der Waals surface area (Å²) in [7, 11) is 2.61. The van der Waals surface area contributed by atoms with Crippen LogP contribution in [0, 0.1) is 0 Å². The van der Waals surface area contributed by atoms with E-state index in [9.17, 15) is 28.8 Å². The molecule has 2 aliphatic heterocycles. The maximum absolute atomic E-state index is 14.0. The van der Waals surface area contributed by atoms with E-state index in [1.165, 1.54) is 36.3 Å². The molecule has 7 rings (SSSR count). The monoisotopic (exact) mass is 976 g/mol. The standard InChI is InChI=1S/C49H48N6O12S2/c1-49(2,3)67-48(61)51-33(44(58)65-39(29-18-10-6-11-19-29)30-20-12-7-13-21-30)26-64-47(60)53-46-50-34(27-69-46)36(54-63-5)41(56)52-37-42(57)55-38(35(62-4)28-68-43(37)55)45(59)66-40(31-22-14-8-15-23-31)32-24-16-9-17-25-32/h6-25,27,33,37,39-40,43H,26,28H2,1-5H3,(H,51,61)(H,52,56)(H,50,53,60)/b54-36+/t33?,37-,43-/m1/s1. The van der Waals surface area contributed by atoms with Gasteiger partial charge in [-0.25, -0.2) is 24.2 Å². The van der Waals surface area contributed by atoms with Gasteiger partial charge in [0.05, 0.1) is 12.9 Å². The molecule has 1 aromatic heterocycles. The van der Waals surface area contributed by atoms with Crippen molar-refractivity contribution in [2.75, 3.05) is 31.9 Å². The summed E-state index contributed by atoms with van der Waals surface area (Å²) in [5.41, 5.74) is 1.40. The number of oxime groups is 1. The Kier molecular flexibility index (Phi) is 16.0. The first-order valence-electron chi connectivity index (χ1n) is 21.4. The highest BCUT2D eigenvalue weighted by Crippen LogP contribution is 2.42. The maximum Gasteiger partial charge on any atom is 0.413 e. The van der Waals surface area contributed by atoms with Gasteiger partial charge in [0.25, 0.3) is 11.8 Å². The number of methoxy groups -OCH3 is 1. The van der Waals surface area contributed by atoms with Gasteiger partial charge in [-0.2, -0.15) is 0 Å². The van der Waals surface area contributed by atoms with Crippen LogP contribution in [-0.4, -0.2) is 101 Å². The molecule has 0 radical (unpaired) electrons. The fourth-order valence-electron chi connectivity index (χ4n) is 7.11. The van der Waals surface area contributed by atoms with Crippen LogP contribution in [0.5, 0.6) is 0 Å². The molecule has 1 unspecified atom stereocenters. The number of carbonyl (C=O) groups is 6. The topological polar surface area (TPSA) is 222 Å². The largest absolute Gasteiger partial charge is 0.498 e. The Bertz CT molecular complexity index is 2620. The number of hydrogen-bond donors (Lipinski definition) is 3. The number of carbonyl (C=O) groups excluding carboxylic acids is 6. The highest BCUT2D eigenvalue weighted by Gasteiger charge is 2.55. The number of alkyl carbamates (subject to hydrolysis) is 1. The van der Waals surface area contributed by atoms with Gasteiger partial charge in [-0.05, 0) is 43.0 Å². The van der Waals surface area contributed by atoms with Gasteiger partial charge < -0.3 is 39.2 Å². The van der Waals surface area contributed by atoms with Gasteiger partial charge in [0.15, 0.2) is 34.8 Å². The van der Waals surface area contributed by atoms with Gasteiger partial charge in [0.2, 0.25) is 0 Å². The number of aromatic nitrogens is 1. The quantitative estimate of drug-likeness (QED) is 0.0285. The lowest BCUT2D eigenvalue weighted by atomic mass is 10.0. The second-order valence-electron chi connectivity index (χ2n) is 16.2. The van der Waals surface area contributed by atoms with E-state index in [1.54, 1.807) is 69.3 Å². The Balaban J connectivity index is 0.996. The lowest BCUT2D eigenvalue weighted by molar-refractivity contribution is -0.155. The summed E-state index contributed by atoms with van der Waals surface area (Å²) < 4.78 is 28.3. The SMILES string of the molecule is CO/N=C(/C(=O)N[C@@H]1C(=O)N2C(C(=O)OC(c3ccccc3)c3ccccc3)=C(OC)CS[C@H]12)c1csc(NC(=O)OCC(NC(=O)OC(C)(C)C)C(=O)OC(c2ccccc2)c2ccccc2)n1. The number of fused-ring (bicyclic) bond motifs is 1. The third kappa shape index (κ3) is 12.3. The molecule has 3 atom stereocenters. The fraction of sp³-hybridized carbons (Fsp3) is 0.265. The fourth-order valence-corrected chi connectivity index (χ4v) is 9.11. The number of hydrogen-bond acceptors (Lipinski definition) is 16. The number of thiazole rings is 1. The summed E-state index contributed by atoms with van der Waals surface area (Å²) in [5, 5.41) is 12.1. The molecule has 3 heterocycles. The van der Waals surface area contributed by atoms with Crippen molar-refractivity contribution in [3.05, 3.63) is 166 Å². The van der Waals surface area contributed by atoms with Crippen molar-refractivity contribution in [3.8, 4) is 0 Å². The van der Waals surface area contributed by atoms with Crippen molar-refractivity contribution in [2.24, 2.45) is 5.16 Å². The maximum atomic E-state index is 14.0. The van der Waals surface area contributed by atoms with Crippen LogP contribution < -0.4 is 16.0 Å². The van der Waals surface area contributed by atoms with Crippen LogP contribution in [0.4, 0.5) is 14.7 Å². The number of nitrogens with zero attached hydrogens (tertiary/aromatic N) is 3. The van der Waals surface area contributed by atoms with Gasteiger partial charge in [-0.1, -0.05) is 126 Å². The minimum atomic E-state index is -1.51. The number of ether oxygens (including phenoxy) is 5. The summed E-state index contributed by atoms with van der Waals surface area (Å²) in [4.78, 5) is 91.9.